The van der Waals surface area contributed by atoms with Gasteiger partial charge in [-0.25, -0.2) is 4.98 Å². The van der Waals surface area contributed by atoms with Crippen molar-refractivity contribution in [3.63, 3.8) is 0 Å². The van der Waals surface area contributed by atoms with E-state index in [0.29, 0.717) is 11.3 Å². The van der Waals surface area contributed by atoms with Crippen LogP contribution in [0.15, 0.2) is 24.3 Å². The number of nitrogens with two attached hydrogens (primary N) is 1. The molecule has 1 unspecified atom stereocenters. The summed E-state index contributed by atoms with van der Waals surface area (Å²) in [4.78, 5) is 4.53. The van der Waals surface area contributed by atoms with Crippen molar-refractivity contribution in [3.8, 4) is 23.1 Å². The van der Waals surface area contributed by atoms with Crippen molar-refractivity contribution in [1.29, 1.82) is 5.26 Å². The minimum absolute atomic E-state index is 0.232. The average Bonchev–Trinajstić information content (AvgIpc) is 2.67. The highest BCUT2D eigenvalue weighted by molar-refractivity contribution is 5.74. The SMILES string of the molecule is N#Cc1c(C2CCCNC2)cc(-c2c(O)cccc2CCC2CCC2)nc1N. The Balaban J connectivity index is 1.74. The largest absolute Gasteiger partial charge is 0.507 e. The smallest absolute Gasteiger partial charge is 0.142 e. The molecule has 4 N–H and O–H groups in total. The number of nitrogens with one attached hydrogen (secondary N) is 1. The number of hydrogen-bond acceptors (Lipinski definition) is 5. The van der Waals surface area contributed by atoms with Crippen LogP contribution in [0.5, 0.6) is 5.75 Å². The van der Waals surface area contributed by atoms with Gasteiger partial charge in [-0.2, -0.15) is 5.26 Å². The lowest BCUT2D eigenvalue weighted by molar-refractivity contribution is 0.296. The van der Waals surface area contributed by atoms with Crippen molar-refractivity contribution in [2.45, 2.75) is 50.9 Å². The molecule has 0 amide bonds. The van der Waals surface area contributed by atoms with Gasteiger partial charge in [0, 0.05) is 12.1 Å². The second-order valence-corrected chi connectivity index (χ2v) is 8.16. The maximum Gasteiger partial charge on any atom is 0.142 e. The molecule has 4 rings (SSSR count). The van der Waals surface area contributed by atoms with E-state index in [4.69, 9.17) is 5.73 Å². The van der Waals surface area contributed by atoms with Crippen molar-refractivity contribution in [2.75, 3.05) is 18.8 Å². The molecule has 5 nitrogen and oxygen atoms in total. The zero-order valence-electron chi connectivity index (χ0n) is 16.2. The summed E-state index contributed by atoms with van der Waals surface area (Å²) in [5.41, 5.74) is 10.2. The maximum absolute atomic E-state index is 10.6. The highest BCUT2D eigenvalue weighted by Crippen LogP contribution is 2.38. The minimum Gasteiger partial charge on any atom is -0.507 e. The molecule has 2 heterocycles. The van der Waals surface area contributed by atoms with Crippen molar-refractivity contribution in [1.82, 2.24) is 10.3 Å². The second-order valence-electron chi connectivity index (χ2n) is 8.16. The normalized spacial score (nSPS) is 19.8. The summed E-state index contributed by atoms with van der Waals surface area (Å²) in [6.45, 7) is 1.85. The molecule has 28 heavy (non-hydrogen) atoms. The van der Waals surface area contributed by atoms with Gasteiger partial charge < -0.3 is 16.2 Å². The summed E-state index contributed by atoms with van der Waals surface area (Å²) >= 11 is 0. The molecule has 2 fully saturated rings. The van der Waals surface area contributed by atoms with Crippen LogP contribution >= 0.6 is 0 Å². The first-order chi connectivity index (χ1) is 13.7. The fraction of sp³-hybridized carbons (Fsp3) is 0.478. The molecule has 2 aromatic rings. The lowest BCUT2D eigenvalue weighted by Crippen LogP contribution is -2.29. The van der Waals surface area contributed by atoms with Crippen LogP contribution in [0.2, 0.25) is 0 Å². The Morgan fingerprint density at radius 3 is 2.79 bits per heavy atom. The minimum atomic E-state index is 0.232. The third kappa shape index (κ3) is 3.70. The summed E-state index contributed by atoms with van der Waals surface area (Å²) < 4.78 is 0. The quantitative estimate of drug-likeness (QED) is 0.730. The summed E-state index contributed by atoms with van der Waals surface area (Å²) in [5.74, 6) is 1.54. The number of pyridine rings is 1. The number of aromatic nitrogens is 1. The number of phenols is 1. The van der Waals surface area contributed by atoms with Crippen LogP contribution in [0.4, 0.5) is 5.82 Å². The molecule has 1 saturated carbocycles. The zero-order valence-corrected chi connectivity index (χ0v) is 16.2. The van der Waals surface area contributed by atoms with Gasteiger partial charge in [-0.1, -0.05) is 31.4 Å². The predicted octanol–water partition coefficient (Wildman–Crippen LogP) is 4.11. The van der Waals surface area contributed by atoms with E-state index in [9.17, 15) is 10.4 Å². The van der Waals surface area contributed by atoms with Gasteiger partial charge in [0.15, 0.2) is 0 Å². The van der Waals surface area contributed by atoms with Crippen LogP contribution in [0, 0.1) is 17.2 Å². The van der Waals surface area contributed by atoms with E-state index >= 15 is 0 Å². The van der Waals surface area contributed by atoms with Gasteiger partial charge in [-0.15, -0.1) is 0 Å². The number of phenolic OH excluding ortho intramolecular Hbond substituents is 1. The third-order valence-electron chi connectivity index (χ3n) is 6.36. The molecule has 1 saturated heterocycles. The van der Waals surface area contributed by atoms with Crippen LogP contribution in [0.3, 0.4) is 0 Å². The Hall–Kier alpha value is -2.58. The summed E-state index contributed by atoms with van der Waals surface area (Å²) in [5, 5.41) is 23.7. The second kappa shape index (κ2) is 8.20. The molecule has 146 valence electrons. The molecule has 1 atom stereocenters. The van der Waals surface area contributed by atoms with Crippen LogP contribution in [-0.2, 0) is 6.42 Å². The van der Waals surface area contributed by atoms with Crippen molar-refractivity contribution >= 4 is 5.82 Å². The lowest BCUT2D eigenvalue weighted by Gasteiger charge is -2.26. The Kier molecular flexibility index (Phi) is 5.50. The van der Waals surface area contributed by atoms with Gasteiger partial charge in [0.1, 0.15) is 17.6 Å². The first kappa shape index (κ1) is 18.8. The number of aromatic hydroxyl groups is 1. The highest BCUT2D eigenvalue weighted by Gasteiger charge is 2.24. The lowest BCUT2D eigenvalue weighted by atomic mass is 9.80. The number of hydrogen-bond donors (Lipinski definition) is 3. The Bertz CT molecular complexity index is 892. The zero-order chi connectivity index (χ0) is 19.5. The monoisotopic (exact) mass is 376 g/mol. The first-order valence-electron chi connectivity index (χ1n) is 10.4. The van der Waals surface area contributed by atoms with Gasteiger partial charge in [0.05, 0.1) is 11.3 Å². The molecule has 2 aliphatic rings. The van der Waals surface area contributed by atoms with Gasteiger partial charge in [0.2, 0.25) is 0 Å². The fourth-order valence-corrected chi connectivity index (χ4v) is 4.51. The Morgan fingerprint density at radius 2 is 2.11 bits per heavy atom. The molecule has 1 aliphatic carbocycles. The van der Waals surface area contributed by atoms with Crippen LogP contribution in [0.1, 0.15) is 61.1 Å². The van der Waals surface area contributed by atoms with E-state index < -0.39 is 0 Å². The van der Waals surface area contributed by atoms with E-state index in [1.807, 2.05) is 12.1 Å². The van der Waals surface area contributed by atoms with Crippen molar-refractivity contribution in [3.05, 3.63) is 41.0 Å². The number of piperidine rings is 1. The molecule has 0 radical (unpaired) electrons. The van der Waals surface area contributed by atoms with Crippen molar-refractivity contribution in [2.24, 2.45) is 5.92 Å². The molecule has 1 aromatic carbocycles. The summed E-state index contributed by atoms with van der Waals surface area (Å²) in [6, 6.07) is 9.91. The number of benzene rings is 1. The average molecular weight is 377 g/mol. The van der Waals surface area contributed by atoms with Gasteiger partial charge in [-0.3, -0.25) is 0 Å². The number of nitrogens with zero attached hydrogens (tertiary/aromatic N) is 2. The van der Waals surface area contributed by atoms with E-state index in [1.165, 1.54) is 19.3 Å². The third-order valence-corrected chi connectivity index (χ3v) is 6.36. The van der Waals surface area contributed by atoms with E-state index in [1.54, 1.807) is 6.07 Å². The van der Waals surface area contributed by atoms with Crippen LogP contribution in [0.25, 0.3) is 11.3 Å². The van der Waals surface area contributed by atoms with Gasteiger partial charge in [-0.05, 0) is 67.3 Å². The van der Waals surface area contributed by atoms with Gasteiger partial charge in [0.25, 0.3) is 0 Å². The van der Waals surface area contributed by atoms with E-state index in [0.717, 1.165) is 61.4 Å². The Morgan fingerprint density at radius 1 is 1.25 bits per heavy atom. The van der Waals surface area contributed by atoms with E-state index in [2.05, 4.69) is 22.4 Å². The number of nitriles is 1. The molecule has 0 bridgehead atoms. The van der Waals surface area contributed by atoms with Gasteiger partial charge >= 0.3 is 0 Å². The Labute approximate surface area is 166 Å². The molecular weight excluding hydrogens is 348 g/mol. The molecule has 1 aliphatic heterocycles. The maximum atomic E-state index is 10.6. The number of rotatable bonds is 5. The fourth-order valence-electron chi connectivity index (χ4n) is 4.51. The summed E-state index contributed by atoms with van der Waals surface area (Å²) in [6.07, 6.45) is 8.14. The molecule has 5 heteroatoms. The predicted molar refractivity (Wildman–Crippen MR) is 111 cm³/mol. The van der Waals surface area contributed by atoms with Crippen LogP contribution in [-0.4, -0.2) is 23.2 Å². The number of anilines is 1. The van der Waals surface area contributed by atoms with Crippen molar-refractivity contribution < 1.29 is 5.11 Å². The topological polar surface area (TPSA) is 95.0 Å². The molecular formula is C23H28N4O. The van der Waals surface area contributed by atoms with Crippen LogP contribution < -0.4 is 11.1 Å². The number of nitrogen functional groups attached to an aromatic ring is 1. The first-order valence-corrected chi connectivity index (χ1v) is 10.4. The highest BCUT2D eigenvalue weighted by atomic mass is 16.3. The van der Waals surface area contributed by atoms with E-state index in [-0.39, 0.29) is 17.5 Å². The molecule has 0 spiro atoms. The standard InChI is InChI=1S/C23H28N4O/c24-13-19-18(17-7-3-11-26-14-17)12-20(27-23(19)25)22-16(6-2-8-21(22)28)10-9-15-4-1-5-15/h2,6,8,12,15,17,26,28H,1,3-5,7,9-11,14H2,(H2,25,27). The summed E-state index contributed by atoms with van der Waals surface area (Å²) in [7, 11) is 0. The molecule has 1 aromatic heterocycles. The number of aryl methyl sites for hydroxylation is 1.